The van der Waals surface area contributed by atoms with Crippen LogP contribution in [0.15, 0.2) is 48.5 Å². The van der Waals surface area contributed by atoms with Gasteiger partial charge in [0.15, 0.2) is 11.5 Å². The molecule has 1 saturated heterocycles. The molecule has 4 rings (SSSR count). The Morgan fingerprint density at radius 1 is 1.00 bits per heavy atom. The highest BCUT2D eigenvalue weighted by atomic mass is 16.7. The minimum atomic E-state index is -0.206. The maximum atomic E-state index is 12.7. The number of para-hydroxylation sites is 1. The highest BCUT2D eigenvalue weighted by Gasteiger charge is 2.27. The third kappa shape index (κ3) is 3.86. The van der Waals surface area contributed by atoms with Crippen LogP contribution in [-0.4, -0.2) is 50.4 Å². The lowest BCUT2D eigenvalue weighted by Crippen LogP contribution is -2.53. The van der Waals surface area contributed by atoms with Crippen molar-refractivity contribution >= 4 is 11.7 Å². The SMILES string of the molecule is CC(C)(CNC(=O)N1CCN(c2ccccc2)CC1)c1ccc2c(c1)OCO2. The summed E-state index contributed by atoms with van der Waals surface area (Å²) in [4.78, 5) is 16.9. The summed E-state index contributed by atoms with van der Waals surface area (Å²) < 4.78 is 10.9. The van der Waals surface area contributed by atoms with Crippen LogP contribution in [0.1, 0.15) is 19.4 Å². The summed E-state index contributed by atoms with van der Waals surface area (Å²) in [7, 11) is 0. The Balaban J connectivity index is 1.30. The fourth-order valence-corrected chi connectivity index (χ4v) is 3.63. The van der Waals surface area contributed by atoms with Crippen molar-refractivity contribution in [1.82, 2.24) is 10.2 Å². The standard InChI is InChI=1S/C22H27N3O3/c1-22(2,17-8-9-19-20(14-17)28-16-27-19)15-23-21(26)25-12-10-24(11-13-25)18-6-4-3-5-7-18/h3-9,14H,10-13,15-16H2,1-2H3,(H,23,26). The van der Waals surface area contributed by atoms with Crippen molar-refractivity contribution in [2.24, 2.45) is 0 Å². The average molecular weight is 381 g/mol. The molecule has 6 heteroatoms. The molecule has 28 heavy (non-hydrogen) atoms. The van der Waals surface area contributed by atoms with Crippen LogP contribution in [0, 0.1) is 0 Å². The Labute approximate surface area is 166 Å². The molecule has 0 aromatic heterocycles. The fourth-order valence-electron chi connectivity index (χ4n) is 3.63. The van der Waals surface area contributed by atoms with Crippen LogP contribution in [0.2, 0.25) is 0 Å². The van der Waals surface area contributed by atoms with Gasteiger partial charge >= 0.3 is 6.03 Å². The second kappa shape index (κ2) is 7.62. The lowest BCUT2D eigenvalue weighted by Gasteiger charge is -2.36. The molecule has 0 aliphatic carbocycles. The number of rotatable bonds is 4. The van der Waals surface area contributed by atoms with E-state index in [2.05, 4.69) is 36.2 Å². The number of urea groups is 1. The van der Waals surface area contributed by atoms with Gasteiger partial charge in [0.25, 0.3) is 0 Å². The Morgan fingerprint density at radius 3 is 2.46 bits per heavy atom. The Hall–Kier alpha value is -2.89. The van der Waals surface area contributed by atoms with E-state index in [1.54, 1.807) is 0 Å². The van der Waals surface area contributed by atoms with Crippen LogP contribution >= 0.6 is 0 Å². The van der Waals surface area contributed by atoms with Crippen LogP contribution in [0.3, 0.4) is 0 Å². The first-order valence-corrected chi connectivity index (χ1v) is 9.76. The summed E-state index contributed by atoms with van der Waals surface area (Å²) in [5, 5.41) is 3.11. The molecule has 0 spiro atoms. The summed E-state index contributed by atoms with van der Waals surface area (Å²) in [6, 6.07) is 16.3. The van der Waals surface area contributed by atoms with Crippen molar-refractivity contribution in [3.63, 3.8) is 0 Å². The zero-order valence-corrected chi connectivity index (χ0v) is 16.5. The van der Waals surface area contributed by atoms with E-state index >= 15 is 0 Å². The van der Waals surface area contributed by atoms with Crippen LogP contribution in [0.25, 0.3) is 0 Å². The summed E-state index contributed by atoms with van der Waals surface area (Å²) in [6.07, 6.45) is 0. The molecule has 0 unspecified atom stereocenters. The number of carbonyl (C=O) groups excluding carboxylic acids is 1. The van der Waals surface area contributed by atoms with Gasteiger partial charge in [-0.1, -0.05) is 38.1 Å². The number of fused-ring (bicyclic) bond motifs is 1. The number of nitrogens with one attached hydrogen (secondary N) is 1. The number of piperazine rings is 1. The van der Waals surface area contributed by atoms with E-state index in [1.807, 2.05) is 41.3 Å². The van der Waals surface area contributed by atoms with E-state index in [4.69, 9.17) is 9.47 Å². The van der Waals surface area contributed by atoms with E-state index in [0.29, 0.717) is 6.54 Å². The molecule has 0 saturated carbocycles. The molecular formula is C22H27N3O3. The maximum absolute atomic E-state index is 12.7. The third-order valence-corrected chi connectivity index (χ3v) is 5.52. The minimum absolute atomic E-state index is 0.00142. The largest absolute Gasteiger partial charge is 0.454 e. The number of benzene rings is 2. The number of hydrogen-bond acceptors (Lipinski definition) is 4. The van der Waals surface area contributed by atoms with Gasteiger partial charge in [-0.25, -0.2) is 4.79 Å². The van der Waals surface area contributed by atoms with Gasteiger partial charge in [0, 0.05) is 43.8 Å². The zero-order chi connectivity index (χ0) is 19.6. The first-order valence-electron chi connectivity index (χ1n) is 9.76. The lowest BCUT2D eigenvalue weighted by molar-refractivity contribution is 0.174. The Morgan fingerprint density at radius 2 is 1.71 bits per heavy atom. The zero-order valence-electron chi connectivity index (χ0n) is 16.5. The third-order valence-electron chi connectivity index (χ3n) is 5.52. The second-order valence-electron chi connectivity index (χ2n) is 7.92. The quantitative estimate of drug-likeness (QED) is 0.884. The molecule has 2 aliphatic heterocycles. The van der Waals surface area contributed by atoms with Gasteiger partial charge in [-0.15, -0.1) is 0 Å². The van der Waals surface area contributed by atoms with E-state index < -0.39 is 0 Å². The average Bonchev–Trinajstić information content (AvgIpc) is 3.21. The first-order chi connectivity index (χ1) is 13.5. The topological polar surface area (TPSA) is 54.0 Å². The monoisotopic (exact) mass is 381 g/mol. The molecular weight excluding hydrogens is 354 g/mol. The van der Waals surface area contributed by atoms with E-state index in [1.165, 1.54) is 5.69 Å². The summed E-state index contributed by atoms with van der Waals surface area (Å²) >= 11 is 0. The molecule has 2 aliphatic rings. The number of hydrogen-bond donors (Lipinski definition) is 1. The molecule has 2 aromatic rings. The van der Waals surface area contributed by atoms with Crippen molar-refractivity contribution in [3.8, 4) is 11.5 Å². The second-order valence-corrected chi connectivity index (χ2v) is 7.92. The minimum Gasteiger partial charge on any atom is -0.454 e. The van der Waals surface area contributed by atoms with Gasteiger partial charge in [0.1, 0.15) is 0 Å². The molecule has 1 fully saturated rings. The van der Waals surface area contributed by atoms with Crippen molar-refractivity contribution in [2.75, 3.05) is 44.4 Å². The molecule has 6 nitrogen and oxygen atoms in total. The molecule has 0 bridgehead atoms. The summed E-state index contributed by atoms with van der Waals surface area (Å²) in [5.41, 5.74) is 2.13. The number of nitrogens with zero attached hydrogens (tertiary/aromatic N) is 2. The predicted molar refractivity (Wildman–Crippen MR) is 109 cm³/mol. The van der Waals surface area contributed by atoms with E-state index in [9.17, 15) is 4.79 Å². The summed E-state index contributed by atoms with van der Waals surface area (Å²) in [5.74, 6) is 1.55. The van der Waals surface area contributed by atoms with Gasteiger partial charge in [0.2, 0.25) is 6.79 Å². The van der Waals surface area contributed by atoms with Crippen molar-refractivity contribution < 1.29 is 14.3 Å². The molecule has 148 valence electrons. The maximum Gasteiger partial charge on any atom is 0.317 e. The number of anilines is 1. The van der Waals surface area contributed by atoms with Crippen LogP contribution < -0.4 is 19.7 Å². The smallest absolute Gasteiger partial charge is 0.317 e. The van der Waals surface area contributed by atoms with Gasteiger partial charge in [-0.3, -0.25) is 0 Å². The molecule has 1 N–H and O–H groups in total. The van der Waals surface area contributed by atoms with Crippen molar-refractivity contribution in [3.05, 3.63) is 54.1 Å². The van der Waals surface area contributed by atoms with Gasteiger partial charge in [0.05, 0.1) is 0 Å². The molecule has 2 amide bonds. The fraction of sp³-hybridized carbons (Fsp3) is 0.409. The number of ether oxygens (including phenoxy) is 2. The molecule has 0 atom stereocenters. The van der Waals surface area contributed by atoms with Crippen molar-refractivity contribution in [2.45, 2.75) is 19.3 Å². The molecule has 0 radical (unpaired) electrons. The lowest BCUT2D eigenvalue weighted by atomic mass is 9.84. The Bertz CT molecular complexity index is 830. The van der Waals surface area contributed by atoms with Gasteiger partial charge in [-0.2, -0.15) is 0 Å². The van der Waals surface area contributed by atoms with Gasteiger partial charge < -0.3 is 24.6 Å². The van der Waals surface area contributed by atoms with Crippen LogP contribution in [0.5, 0.6) is 11.5 Å². The highest BCUT2D eigenvalue weighted by molar-refractivity contribution is 5.74. The van der Waals surface area contributed by atoms with Crippen LogP contribution in [-0.2, 0) is 5.41 Å². The van der Waals surface area contributed by atoms with E-state index in [-0.39, 0.29) is 18.2 Å². The van der Waals surface area contributed by atoms with Crippen LogP contribution in [0.4, 0.5) is 10.5 Å². The molecule has 2 heterocycles. The number of carbonyl (C=O) groups is 1. The first kappa shape index (κ1) is 18.5. The van der Waals surface area contributed by atoms with E-state index in [0.717, 1.165) is 43.2 Å². The number of amides is 2. The normalized spacial score (nSPS) is 16.2. The highest BCUT2D eigenvalue weighted by Crippen LogP contribution is 2.36. The van der Waals surface area contributed by atoms with Gasteiger partial charge in [-0.05, 0) is 29.8 Å². The Kier molecular flexibility index (Phi) is 5.03. The summed E-state index contributed by atoms with van der Waals surface area (Å²) in [6.45, 7) is 8.23. The molecule has 2 aromatic carbocycles. The predicted octanol–water partition coefficient (Wildman–Crippen LogP) is 3.22. The van der Waals surface area contributed by atoms with Crippen molar-refractivity contribution in [1.29, 1.82) is 0 Å².